The summed E-state index contributed by atoms with van der Waals surface area (Å²) in [5, 5.41) is 5.93. The number of piperidine rings is 3. The van der Waals surface area contributed by atoms with Crippen molar-refractivity contribution in [3.8, 4) is 0 Å². The minimum absolute atomic E-state index is 0.102. The van der Waals surface area contributed by atoms with Crippen LogP contribution in [-0.2, 0) is 16.1 Å². The van der Waals surface area contributed by atoms with Gasteiger partial charge < -0.3 is 24.9 Å². The van der Waals surface area contributed by atoms with Crippen molar-refractivity contribution in [2.45, 2.75) is 70.1 Å². The Bertz CT molecular complexity index is 1060. The molecular formula is C29H42N6O3. The summed E-state index contributed by atoms with van der Waals surface area (Å²) in [7, 11) is 0. The van der Waals surface area contributed by atoms with E-state index in [2.05, 4.69) is 44.4 Å². The number of fused-ring (bicyclic) bond motifs is 1. The third kappa shape index (κ3) is 5.33. The molecule has 0 radical (unpaired) electrons. The number of benzene rings is 1. The van der Waals surface area contributed by atoms with Crippen LogP contribution in [0.5, 0.6) is 0 Å². The summed E-state index contributed by atoms with van der Waals surface area (Å²) in [6.07, 6.45) is 5.68. The second kappa shape index (κ2) is 10.9. The third-order valence-electron chi connectivity index (χ3n) is 9.47. The molecule has 3 amide bonds. The van der Waals surface area contributed by atoms with E-state index in [1.807, 2.05) is 6.07 Å². The molecule has 4 saturated heterocycles. The number of carbonyl (C=O) groups excluding carboxylic acids is 3. The molecule has 2 atom stereocenters. The van der Waals surface area contributed by atoms with Gasteiger partial charge in [-0.25, -0.2) is 0 Å². The number of nitrogens with one attached hydrogen (secondary N) is 2. The second-order valence-corrected chi connectivity index (χ2v) is 12.1. The summed E-state index contributed by atoms with van der Waals surface area (Å²) in [4.78, 5) is 46.4. The normalized spacial score (nSPS) is 28.6. The van der Waals surface area contributed by atoms with Crippen molar-refractivity contribution < 1.29 is 14.4 Å². The van der Waals surface area contributed by atoms with Crippen LogP contribution < -0.4 is 15.5 Å². The van der Waals surface area contributed by atoms with Crippen LogP contribution in [0.1, 0.15) is 61.4 Å². The Labute approximate surface area is 225 Å². The van der Waals surface area contributed by atoms with Crippen molar-refractivity contribution in [2.75, 3.05) is 57.3 Å². The highest BCUT2D eigenvalue weighted by atomic mass is 16.2. The van der Waals surface area contributed by atoms with Gasteiger partial charge in [-0.3, -0.25) is 19.7 Å². The van der Waals surface area contributed by atoms with Gasteiger partial charge in [0, 0.05) is 75.6 Å². The molecule has 5 aliphatic heterocycles. The number of piperazine rings is 1. The molecule has 0 aliphatic carbocycles. The van der Waals surface area contributed by atoms with Crippen molar-refractivity contribution >= 4 is 23.4 Å². The zero-order valence-electron chi connectivity index (χ0n) is 22.7. The first-order chi connectivity index (χ1) is 18.4. The van der Waals surface area contributed by atoms with Crippen molar-refractivity contribution in [2.24, 2.45) is 5.92 Å². The molecule has 0 saturated carbocycles. The highest BCUT2D eigenvalue weighted by molar-refractivity contribution is 6.05. The minimum atomic E-state index is -0.559. The lowest BCUT2D eigenvalue weighted by molar-refractivity contribution is -0.136. The molecule has 6 rings (SSSR count). The summed E-state index contributed by atoms with van der Waals surface area (Å²) in [5.74, 6) is 0.127. The summed E-state index contributed by atoms with van der Waals surface area (Å²) in [5.41, 5.74) is 2.84. The molecule has 9 nitrogen and oxygen atoms in total. The van der Waals surface area contributed by atoms with Gasteiger partial charge in [0.25, 0.3) is 5.91 Å². The van der Waals surface area contributed by atoms with Gasteiger partial charge in [0.2, 0.25) is 11.8 Å². The fraction of sp³-hybridized carbons (Fsp3) is 0.690. The number of carbonyl (C=O) groups is 3. The minimum Gasteiger partial charge on any atom is -0.371 e. The Morgan fingerprint density at radius 1 is 0.947 bits per heavy atom. The summed E-state index contributed by atoms with van der Waals surface area (Å²) >= 11 is 0. The van der Waals surface area contributed by atoms with Crippen molar-refractivity contribution in [1.29, 1.82) is 0 Å². The van der Waals surface area contributed by atoms with Crippen LogP contribution in [0, 0.1) is 5.92 Å². The maximum absolute atomic E-state index is 13.0. The lowest BCUT2D eigenvalue weighted by Gasteiger charge is -2.43. The monoisotopic (exact) mass is 522 g/mol. The van der Waals surface area contributed by atoms with E-state index >= 15 is 0 Å². The fourth-order valence-corrected chi connectivity index (χ4v) is 7.29. The van der Waals surface area contributed by atoms with E-state index in [-0.39, 0.29) is 24.1 Å². The van der Waals surface area contributed by atoms with Gasteiger partial charge in [0.1, 0.15) is 6.04 Å². The van der Waals surface area contributed by atoms with Crippen LogP contribution >= 0.6 is 0 Å². The molecule has 5 heterocycles. The summed E-state index contributed by atoms with van der Waals surface area (Å²) in [6, 6.07) is 6.86. The van der Waals surface area contributed by atoms with Crippen molar-refractivity contribution in [3.05, 3.63) is 29.3 Å². The molecular weight excluding hydrogens is 480 g/mol. The van der Waals surface area contributed by atoms with E-state index in [1.165, 1.54) is 64.1 Å². The Kier molecular flexibility index (Phi) is 7.42. The average molecular weight is 523 g/mol. The maximum atomic E-state index is 13.0. The largest absolute Gasteiger partial charge is 0.371 e. The van der Waals surface area contributed by atoms with Crippen LogP contribution in [-0.4, -0.2) is 103 Å². The Hall–Kier alpha value is -2.49. The van der Waals surface area contributed by atoms with E-state index in [0.29, 0.717) is 30.6 Å². The first kappa shape index (κ1) is 25.8. The smallest absolute Gasteiger partial charge is 0.255 e. The average Bonchev–Trinajstić information content (AvgIpc) is 3.24. The molecule has 5 aliphatic rings. The number of hydrogen-bond acceptors (Lipinski definition) is 7. The van der Waals surface area contributed by atoms with Crippen LogP contribution in [0.2, 0.25) is 0 Å². The molecule has 0 bridgehead atoms. The van der Waals surface area contributed by atoms with E-state index in [9.17, 15) is 14.4 Å². The molecule has 2 N–H and O–H groups in total. The highest BCUT2D eigenvalue weighted by Crippen LogP contribution is 2.32. The number of rotatable bonds is 5. The topological polar surface area (TPSA) is 88.2 Å². The van der Waals surface area contributed by atoms with E-state index < -0.39 is 6.04 Å². The number of hydrogen-bond donors (Lipinski definition) is 2. The molecule has 1 aromatic carbocycles. The number of amides is 3. The molecule has 0 spiro atoms. The van der Waals surface area contributed by atoms with E-state index in [1.54, 1.807) is 4.90 Å². The van der Waals surface area contributed by atoms with Crippen LogP contribution in [0.15, 0.2) is 18.2 Å². The summed E-state index contributed by atoms with van der Waals surface area (Å²) in [6.45, 7) is 12.0. The molecule has 1 unspecified atom stereocenters. The Morgan fingerprint density at radius 3 is 2.47 bits per heavy atom. The quantitative estimate of drug-likeness (QED) is 0.566. The Balaban J connectivity index is 0.993. The van der Waals surface area contributed by atoms with E-state index in [0.717, 1.165) is 31.1 Å². The first-order valence-corrected chi connectivity index (χ1v) is 14.7. The lowest BCUT2D eigenvalue weighted by Crippen LogP contribution is -2.52. The zero-order valence-corrected chi connectivity index (χ0v) is 22.7. The Morgan fingerprint density at radius 2 is 1.74 bits per heavy atom. The predicted octanol–water partition coefficient (Wildman–Crippen LogP) is 1.42. The molecule has 0 aromatic heterocycles. The second-order valence-electron chi connectivity index (χ2n) is 12.1. The number of imide groups is 1. The molecule has 206 valence electrons. The van der Waals surface area contributed by atoms with Gasteiger partial charge in [0.05, 0.1) is 0 Å². The lowest BCUT2D eigenvalue weighted by atomic mass is 9.92. The SMILES string of the molecule is C[C@H]1CN(CC2CCN(C3CCN(c4ccc5c(c4)CN(C4CCC(=O)NC4=O)C5=O)CC3)CC2)CCN1. The molecule has 38 heavy (non-hydrogen) atoms. The zero-order chi connectivity index (χ0) is 26.2. The van der Waals surface area contributed by atoms with Crippen molar-refractivity contribution in [1.82, 2.24) is 25.3 Å². The van der Waals surface area contributed by atoms with Gasteiger partial charge in [-0.2, -0.15) is 0 Å². The van der Waals surface area contributed by atoms with Gasteiger partial charge in [-0.15, -0.1) is 0 Å². The third-order valence-corrected chi connectivity index (χ3v) is 9.47. The fourth-order valence-electron chi connectivity index (χ4n) is 7.29. The van der Waals surface area contributed by atoms with Gasteiger partial charge in [-0.1, -0.05) is 0 Å². The number of nitrogens with zero attached hydrogens (tertiary/aromatic N) is 4. The van der Waals surface area contributed by atoms with Crippen LogP contribution in [0.3, 0.4) is 0 Å². The molecule has 4 fully saturated rings. The molecule has 9 heteroatoms. The summed E-state index contributed by atoms with van der Waals surface area (Å²) < 4.78 is 0. The number of likely N-dealkylation sites (tertiary alicyclic amines) is 1. The first-order valence-electron chi connectivity index (χ1n) is 14.7. The van der Waals surface area contributed by atoms with Crippen LogP contribution in [0.4, 0.5) is 5.69 Å². The van der Waals surface area contributed by atoms with Gasteiger partial charge >= 0.3 is 0 Å². The van der Waals surface area contributed by atoms with Gasteiger partial charge in [0.15, 0.2) is 0 Å². The highest BCUT2D eigenvalue weighted by Gasteiger charge is 2.39. The standard InChI is InChI=1S/C29H42N6O3/c1-20-17-32(15-10-30-20)18-21-6-11-33(12-7-21)23-8-13-34(14-9-23)24-2-3-25-22(16-24)19-35(29(25)38)26-4-5-27(36)31-28(26)37/h2-3,16,20-21,23,26,30H,4-15,17-19H2,1H3,(H,31,36,37)/t20-,26?/m0/s1. The van der Waals surface area contributed by atoms with Crippen LogP contribution in [0.25, 0.3) is 0 Å². The molecule has 1 aromatic rings. The van der Waals surface area contributed by atoms with Crippen molar-refractivity contribution in [3.63, 3.8) is 0 Å². The van der Waals surface area contributed by atoms with Gasteiger partial charge in [-0.05, 0) is 81.8 Å². The van der Waals surface area contributed by atoms with E-state index in [4.69, 9.17) is 0 Å². The predicted molar refractivity (Wildman–Crippen MR) is 146 cm³/mol. The maximum Gasteiger partial charge on any atom is 0.255 e. The number of anilines is 1.